The van der Waals surface area contributed by atoms with Gasteiger partial charge in [-0.15, -0.1) is 0 Å². The number of hydrogen-bond donors (Lipinski definition) is 2. The number of nitrogen functional groups attached to an aromatic ring is 1. The van der Waals surface area contributed by atoms with Crippen molar-refractivity contribution in [2.45, 2.75) is 13.0 Å². The van der Waals surface area contributed by atoms with E-state index in [1.54, 1.807) is 13.2 Å². The Kier molecular flexibility index (Phi) is 4.68. The molecule has 3 N–H and O–H groups in total. The molecule has 0 radical (unpaired) electrons. The minimum Gasteiger partial charge on any atom is -0.477 e. The van der Waals surface area contributed by atoms with Crippen LogP contribution in [0.25, 0.3) is 0 Å². The molecular weight excluding hydrogens is 236 g/mol. The lowest BCUT2D eigenvalue weighted by Gasteiger charge is -2.11. The predicted octanol–water partition coefficient (Wildman–Crippen LogP) is 0.324. The molecular formula is C11H18N4O3. The van der Waals surface area contributed by atoms with Crippen LogP contribution in [-0.2, 0) is 16.1 Å². The maximum absolute atomic E-state index is 5.64. The van der Waals surface area contributed by atoms with Crippen molar-refractivity contribution in [1.29, 1.82) is 0 Å². The average molecular weight is 254 g/mol. The van der Waals surface area contributed by atoms with E-state index in [1.807, 2.05) is 0 Å². The van der Waals surface area contributed by atoms with Crippen LogP contribution in [0.4, 0.5) is 5.82 Å². The number of hydrazine groups is 1. The number of nitrogens with one attached hydrogen (secondary N) is 1. The normalized spacial score (nSPS) is 18.9. The van der Waals surface area contributed by atoms with Gasteiger partial charge in [-0.25, -0.2) is 10.8 Å². The van der Waals surface area contributed by atoms with E-state index >= 15 is 0 Å². The smallest absolute Gasteiger partial charge is 0.218 e. The molecule has 18 heavy (non-hydrogen) atoms. The first kappa shape index (κ1) is 13.0. The van der Waals surface area contributed by atoms with E-state index < -0.39 is 0 Å². The molecule has 1 fully saturated rings. The molecule has 7 nitrogen and oxygen atoms in total. The van der Waals surface area contributed by atoms with Gasteiger partial charge in [0, 0.05) is 25.7 Å². The fraction of sp³-hybridized carbons (Fsp3) is 0.636. The van der Waals surface area contributed by atoms with Crippen molar-refractivity contribution >= 4 is 5.82 Å². The van der Waals surface area contributed by atoms with Crippen LogP contribution >= 0.6 is 0 Å². The van der Waals surface area contributed by atoms with Crippen molar-refractivity contribution in [2.75, 3.05) is 32.4 Å². The molecule has 1 saturated heterocycles. The summed E-state index contributed by atoms with van der Waals surface area (Å²) in [6.07, 6.45) is 1.03. The summed E-state index contributed by atoms with van der Waals surface area (Å²) in [5, 5.41) is 0. The Morgan fingerprint density at radius 3 is 3.11 bits per heavy atom. The summed E-state index contributed by atoms with van der Waals surface area (Å²) in [4.78, 5) is 8.38. The van der Waals surface area contributed by atoms with Gasteiger partial charge in [0.2, 0.25) is 5.88 Å². The lowest BCUT2D eigenvalue weighted by Crippen LogP contribution is -2.15. The van der Waals surface area contributed by atoms with Crippen molar-refractivity contribution in [3.05, 3.63) is 11.9 Å². The predicted molar refractivity (Wildman–Crippen MR) is 65.0 cm³/mol. The number of aromatic nitrogens is 2. The van der Waals surface area contributed by atoms with Crippen LogP contribution in [0.5, 0.6) is 5.88 Å². The lowest BCUT2D eigenvalue weighted by atomic mass is 10.1. The Hall–Kier alpha value is -1.44. The van der Waals surface area contributed by atoms with Gasteiger partial charge in [-0.1, -0.05) is 0 Å². The average Bonchev–Trinajstić information content (AvgIpc) is 2.89. The summed E-state index contributed by atoms with van der Waals surface area (Å²) < 4.78 is 15.9. The molecule has 1 aromatic rings. The van der Waals surface area contributed by atoms with Gasteiger partial charge in [-0.2, -0.15) is 4.98 Å². The van der Waals surface area contributed by atoms with Crippen LogP contribution in [0.3, 0.4) is 0 Å². The fourth-order valence-corrected chi connectivity index (χ4v) is 1.73. The Balaban J connectivity index is 1.98. The van der Waals surface area contributed by atoms with E-state index in [2.05, 4.69) is 15.4 Å². The highest BCUT2D eigenvalue weighted by molar-refractivity contribution is 5.36. The van der Waals surface area contributed by atoms with E-state index in [0.29, 0.717) is 36.7 Å². The summed E-state index contributed by atoms with van der Waals surface area (Å²) in [5.74, 6) is 7.32. The van der Waals surface area contributed by atoms with Crippen molar-refractivity contribution in [1.82, 2.24) is 9.97 Å². The Morgan fingerprint density at radius 1 is 1.56 bits per heavy atom. The number of rotatable bonds is 6. The molecule has 0 aromatic carbocycles. The SMILES string of the molecule is COCc1nc(NN)cc(OCC2CCOC2)n1. The molecule has 0 aliphatic carbocycles. The van der Waals surface area contributed by atoms with Gasteiger partial charge in [0.05, 0.1) is 13.2 Å². The Bertz CT molecular complexity index is 383. The second kappa shape index (κ2) is 6.48. The van der Waals surface area contributed by atoms with E-state index in [9.17, 15) is 0 Å². The summed E-state index contributed by atoms with van der Waals surface area (Å²) in [6.45, 7) is 2.46. The fourth-order valence-electron chi connectivity index (χ4n) is 1.73. The van der Waals surface area contributed by atoms with Crippen LogP contribution in [0.1, 0.15) is 12.2 Å². The number of anilines is 1. The topological polar surface area (TPSA) is 91.5 Å². The molecule has 0 spiro atoms. The molecule has 1 unspecified atom stereocenters. The second-order valence-corrected chi connectivity index (χ2v) is 4.13. The van der Waals surface area contributed by atoms with Crippen LogP contribution in [0.15, 0.2) is 6.07 Å². The molecule has 1 atom stereocenters. The summed E-state index contributed by atoms with van der Waals surface area (Å²) in [6, 6.07) is 1.66. The minimum absolute atomic E-state index is 0.318. The van der Waals surface area contributed by atoms with Crippen molar-refractivity contribution in [2.24, 2.45) is 11.8 Å². The molecule has 0 bridgehead atoms. The minimum atomic E-state index is 0.318. The molecule has 7 heteroatoms. The monoisotopic (exact) mass is 254 g/mol. The van der Waals surface area contributed by atoms with E-state index in [-0.39, 0.29) is 0 Å². The second-order valence-electron chi connectivity index (χ2n) is 4.13. The van der Waals surface area contributed by atoms with E-state index in [0.717, 1.165) is 19.6 Å². The molecule has 0 amide bonds. The van der Waals surface area contributed by atoms with Crippen molar-refractivity contribution in [3.63, 3.8) is 0 Å². The number of methoxy groups -OCH3 is 1. The van der Waals surface area contributed by atoms with Crippen LogP contribution in [0.2, 0.25) is 0 Å². The third-order valence-electron chi connectivity index (χ3n) is 2.66. The highest BCUT2D eigenvalue weighted by Gasteiger charge is 2.16. The van der Waals surface area contributed by atoms with Gasteiger partial charge in [-0.3, -0.25) is 0 Å². The largest absolute Gasteiger partial charge is 0.477 e. The third-order valence-corrected chi connectivity index (χ3v) is 2.66. The summed E-state index contributed by atoms with van der Waals surface area (Å²) in [7, 11) is 1.59. The number of ether oxygens (including phenoxy) is 3. The first-order chi connectivity index (χ1) is 8.81. The molecule has 1 aromatic heterocycles. The van der Waals surface area contributed by atoms with Gasteiger partial charge in [-0.05, 0) is 6.42 Å². The number of hydrogen-bond acceptors (Lipinski definition) is 7. The quantitative estimate of drug-likeness (QED) is 0.558. The van der Waals surface area contributed by atoms with E-state index in [4.69, 9.17) is 20.1 Å². The van der Waals surface area contributed by atoms with Crippen molar-refractivity contribution < 1.29 is 14.2 Å². The standard InChI is InChI=1S/C11H18N4O3/c1-16-7-10-13-9(15-12)4-11(14-10)18-6-8-2-3-17-5-8/h4,8H,2-3,5-7,12H2,1H3,(H,13,14,15). The summed E-state index contributed by atoms with van der Waals surface area (Å²) in [5.41, 5.74) is 2.48. The molecule has 2 heterocycles. The Labute approximate surface area is 106 Å². The maximum Gasteiger partial charge on any atom is 0.218 e. The van der Waals surface area contributed by atoms with Crippen LogP contribution in [0, 0.1) is 5.92 Å². The molecule has 1 aliphatic heterocycles. The van der Waals surface area contributed by atoms with Gasteiger partial charge in [0.1, 0.15) is 12.4 Å². The number of nitrogens with zero attached hydrogens (tertiary/aromatic N) is 2. The first-order valence-electron chi connectivity index (χ1n) is 5.86. The zero-order chi connectivity index (χ0) is 12.8. The third kappa shape index (κ3) is 3.52. The van der Waals surface area contributed by atoms with Crippen molar-refractivity contribution in [3.8, 4) is 5.88 Å². The maximum atomic E-state index is 5.64. The molecule has 100 valence electrons. The first-order valence-corrected chi connectivity index (χ1v) is 5.86. The lowest BCUT2D eigenvalue weighted by molar-refractivity contribution is 0.162. The Morgan fingerprint density at radius 2 is 2.44 bits per heavy atom. The van der Waals surface area contributed by atoms with Crippen LogP contribution in [-0.4, -0.2) is 36.9 Å². The summed E-state index contributed by atoms with van der Waals surface area (Å²) >= 11 is 0. The zero-order valence-electron chi connectivity index (χ0n) is 10.4. The number of nitrogens with two attached hydrogens (primary N) is 1. The van der Waals surface area contributed by atoms with Gasteiger partial charge >= 0.3 is 0 Å². The van der Waals surface area contributed by atoms with E-state index in [1.165, 1.54) is 0 Å². The van der Waals surface area contributed by atoms with Gasteiger partial charge in [0.15, 0.2) is 5.82 Å². The highest BCUT2D eigenvalue weighted by Crippen LogP contribution is 2.17. The molecule has 2 rings (SSSR count). The van der Waals surface area contributed by atoms with Gasteiger partial charge < -0.3 is 19.6 Å². The molecule has 0 saturated carbocycles. The van der Waals surface area contributed by atoms with Crippen LogP contribution < -0.4 is 16.0 Å². The molecule has 1 aliphatic rings. The zero-order valence-corrected chi connectivity index (χ0v) is 10.4. The van der Waals surface area contributed by atoms with Gasteiger partial charge in [0.25, 0.3) is 0 Å². The highest BCUT2D eigenvalue weighted by atomic mass is 16.5.